The molecule has 0 saturated heterocycles. The van der Waals surface area contributed by atoms with Crippen LogP contribution in [0.4, 0.5) is 0 Å². The van der Waals surface area contributed by atoms with Gasteiger partial charge in [0.15, 0.2) is 0 Å². The van der Waals surface area contributed by atoms with Gasteiger partial charge in [-0.25, -0.2) is 0 Å². The first-order valence-corrected chi connectivity index (χ1v) is 5.71. The normalized spacial score (nSPS) is 13.8. The summed E-state index contributed by atoms with van der Waals surface area (Å²) in [5.41, 5.74) is -0.743. The van der Waals surface area contributed by atoms with Gasteiger partial charge in [0, 0.05) is 18.9 Å². The molecule has 96 valence electrons. The lowest BCUT2D eigenvalue weighted by molar-refractivity contribution is -0.137. The first-order chi connectivity index (χ1) is 7.79. The highest BCUT2D eigenvalue weighted by atomic mass is 16.4. The molecule has 0 radical (unpaired) electrons. The zero-order chi connectivity index (χ0) is 13.5. The maximum Gasteiger partial charge on any atom is 0.303 e. The van der Waals surface area contributed by atoms with E-state index in [1.54, 1.807) is 6.92 Å². The van der Waals surface area contributed by atoms with Crippen molar-refractivity contribution in [2.24, 2.45) is 5.41 Å². The Morgan fingerprint density at radius 3 is 2.29 bits per heavy atom. The van der Waals surface area contributed by atoms with Crippen molar-refractivity contribution in [2.75, 3.05) is 0 Å². The number of nitriles is 1. The molecule has 0 bridgehead atoms. The highest BCUT2D eigenvalue weighted by Crippen LogP contribution is 2.28. The maximum absolute atomic E-state index is 11.4. The minimum absolute atomic E-state index is 0.0458. The number of hydrogen-bond donors (Lipinski definition) is 2. The lowest BCUT2D eigenvalue weighted by Crippen LogP contribution is -2.31. The Morgan fingerprint density at radius 1 is 1.35 bits per heavy atom. The van der Waals surface area contributed by atoms with Gasteiger partial charge in [0.1, 0.15) is 0 Å². The van der Waals surface area contributed by atoms with Crippen LogP contribution < -0.4 is 5.32 Å². The van der Waals surface area contributed by atoms with Crippen LogP contribution in [0.25, 0.3) is 0 Å². The van der Waals surface area contributed by atoms with E-state index < -0.39 is 11.4 Å². The third kappa shape index (κ3) is 7.34. The molecule has 0 aromatic rings. The highest BCUT2D eigenvalue weighted by Gasteiger charge is 2.25. The van der Waals surface area contributed by atoms with Gasteiger partial charge in [0.25, 0.3) is 0 Å². The van der Waals surface area contributed by atoms with Crippen molar-refractivity contribution in [2.45, 2.75) is 52.5 Å². The number of amides is 1. The predicted octanol–water partition coefficient (Wildman–Crippen LogP) is 1.69. The van der Waals surface area contributed by atoms with Crippen molar-refractivity contribution >= 4 is 11.9 Å². The van der Waals surface area contributed by atoms with Gasteiger partial charge in [-0.2, -0.15) is 5.26 Å². The van der Waals surface area contributed by atoms with E-state index in [-0.39, 0.29) is 31.2 Å². The molecule has 0 saturated carbocycles. The number of hydrogen-bond acceptors (Lipinski definition) is 3. The fraction of sp³-hybridized carbons (Fsp3) is 0.750. The highest BCUT2D eigenvalue weighted by molar-refractivity contribution is 5.76. The maximum atomic E-state index is 11.4. The second-order valence-corrected chi connectivity index (χ2v) is 4.79. The average molecular weight is 240 g/mol. The summed E-state index contributed by atoms with van der Waals surface area (Å²) in [6.45, 7) is 5.43. The standard InChI is InChI=1S/C12H20N2O3/c1-9(2)14-10(15)4-6-12(3,8-13)7-5-11(16)17/h9H,4-7H2,1-3H3,(H,14,15)(H,16,17). The minimum atomic E-state index is -0.918. The zero-order valence-electron chi connectivity index (χ0n) is 10.6. The van der Waals surface area contributed by atoms with E-state index in [0.29, 0.717) is 6.42 Å². The molecule has 0 aromatic carbocycles. The number of carboxylic acids is 1. The topological polar surface area (TPSA) is 90.2 Å². The predicted molar refractivity (Wildman–Crippen MR) is 63.1 cm³/mol. The first-order valence-electron chi connectivity index (χ1n) is 5.71. The molecule has 17 heavy (non-hydrogen) atoms. The summed E-state index contributed by atoms with van der Waals surface area (Å²) in [6.07, 6.45) is 0.862. The molecule has 0 fully saturated rings. The molecule has 1 amide bonds. The molecule has 1 unspecified atom stereocenters. The van der Waals surface area contributed by atoms with E-state index in [9.17, 15) is 9.59 Å². The fourth-order valence-electron chi connectivity index (χ4n) is 1.40. The summed E-state index contributed by atoms with van der Waals surface area (Å²) >= 11 is 0. The van der Waals surface area contributed by atoms with Crippen LogP contribution in [0.5, 0.6) is 0 Å². The molecule has 0 heterocycles. The summed E-state index contributed by atoms with van der Waals surface area (Å²) in [5, 5.41) is 20.3. The van der Waals surface area contributed by atoms with Crippen LogP contribution in [0.2, 0.25) is 0 Å². The van der Waals surface area contributed by atoms with Gasteiger partial charge < -0.3 is 10.4 Å². The van der Waals surface area contributed by atoms with Crippen molar-refractivity contribution in [1.29, 1.82) is 5.26 Å². The van der Waals surface area contributed by atoms with Gasteiger partial charge in [-0.15, -0.1) is 0 Å². The van der Waals surface area contributed by atoms with Crippen LogP contribution in [0.3, 0.4) is 0 Å². The van der Waals surface area contributed by atoms with Crippen LogP contribution in [0.1, 0.15) is 46.5 Å². The lowest BCUT2D eigenvalue weighted by Gasteiger charge is -2.20. The number of carbonyl (C=O) groups excluding carboxylic acids is 1. The number of aliphatic carboxylic acids is 1. The molecular formula is C12H20N2O3. The number of rotatable bonds is 7. The van der Waals surface area contributed by atoms with Crippen molar-refractivity contribution in [3.8, 4) is 6.07 Å². The zero-order valence-corrected chi connectivity index (χ0v) is 10.6. The van der Waals surface area contributed by atoms with Gasteiger partial charge >= 0.3 is 5.97 Å². The Kier molecular flexibility index (Phi) is 6.26. The summed E-state index contributed by atoms with van der Waals surface area (Å²) < 4.78 is 0. The van der Waals surface area contributed by atoms with Crippen molar-refractivity contribution in [1.82, 2.24) is 5.32 Å². The fourth-order valence-corrected chi connectivity index (χ4v) is 1.40. The van der Waals surface area contributed by atoms with Crippen LogP contribution in [-0.2, 0) is 9.59 Å². The van der Waals surface area contributed by atoms with Crippen LogP contribution in [0.15, 0.2) is 0 Å². The molecule has 5 heteroatoms. The third-order valence-corrected chi connectivity index (χ3v) is 2.51. The molecular weight excluding hydrogens is 220 g/mol. The van der Waals surface area contributed by atoms with Gasteiger partial charge in [-0.3, -0.25) is 9.59 Å². The summed E-state index contributed by atoms with van der Waals surface area (Å²) in [6, 6.07) is 2.18. The van der Waals surface area contributed by atoms with E-state index in [0.717, 1.165) is 0 Å². The lowest BCUT2D eigenvalue weighted by atomic mass is 9.82. The number of carbonyl (C=O) groups is 2. The quantitative estimate of drug-likeness (QED) is 0.708. The Labute approximate surface area is 102 Å². The molecule has 5 nitrogen and oxygen atoms in total. The van der Waals surface area contributed by atoms with E-state index in [2.05, 4.69) is 11.4 Å². The van der Waals surface area contributed by atoms with Crippen LogP contribution in [-0.4, -0.2) is 23.0 Å². The second-order valence-electron chi connectivity index (χ2n) is 4.79. The molecule has 0 spiro atoms. The second kappa shape index (κ2) is 6.89. The molecule has 0 aromatic heterocycles. The Morgan fingerprint density at radius 2 is 1.88 bits per heavy atom. The van der Waals surface area contributed by atoms with E-state index in [4.69, 9.17) is 10.4 Å². The van der Waals surface area contributed by atoms with Crippen molar-refractivity contribution < 1.29 is 14.7 Å². The minimum Gasteiger partial charge on any atom is -0.481 e. The summed E-state index contributed by atoms with van der Waals surface area (Å²) in [5.74, 6) is -1.02. The van der Waals surface area contributed by atoms with Crippen LogP contribution >= 0.6 is 0 Å². The molecule has 0 aliphatic rings. The average Bonchev–Trinajstić information content (AvgIpc) is 2.23. The van der Waals surface area contributed by atoms with Gasteiger partial charge in [-0.05, 0) is 33.6 Å². The van der Waals surface area contributed by atoms with Crippen molar-refractivity contribution in [3.05, 3.63) is 0 Å². The van der Waals surface area contributed by atoms with Gasteiger partial charge in [0.2, 0.25) is 5.91 Å². The SMILES string of the molecule is CC(C)NC(=O)CCC(C)(C#N)CCC(=O)O. The summed E-state index contributed by atoms with van der Waals surface area (Å²) in [4.78, 5) is 21.9. The van der Waals surface area contributed by atoms with Gasteiger partial charge in [0.05, 0.1) is 11.5 Å². The number of nitrogens with zero attached hydrogens (tertiary/aromatic N) is 1. The molecule has 0 aliphatic heterocycles. The molecule has 0 rings (SSSR count). The molecule has 0 aliphatic carbocycles. The molecule has 1 atom stereocenters. The Bertz CT molecular complexity index is 320. The van der Waals surface area contributed by atoms with Gasteiger partial charge in [-0.1, -0.05) is 0 Å². The Balaban J connectivity index is 4.17. The monoisotopic (exact) mass is 240 g/mol. The van der Waals surface area contributed by atoms with E-state index >= 15 is 0 Å². The summed E-state index contributed by atoms with van der Waals surface area (Å²) in [7, 11) is 0. The third-order valence-electron chi connectivity index (χ3n) is 2.51. The van der Waals surface area contributed by atoms with Crippen LogP contribution in [0, 0.1) is 16.7 Å². The van der Waals surface area contributed by atoms with E-state index in [1.807, 2.05) is 13.8 Å². The Hall–Kier alpha value is -1.57. The smallest absolute Gasteiger partial charge is 0.303 e. The largest absolute Gasteiger partial charge is 0.481 e. The number of carboxylic acid groups (broad SMARTS) is 1. The molecule has 2 N–H and O–H groups in total. The van der Waals surface area contributed by atoms with Crippen molar-refractivity contribution in [3.63, 3.8) is 0 Å². The van der Waals surface area contributed by atoms with E-state index in [1.165, 1.54) is 0 Å². The first kappa shape index (κ1) is 15.4. The number of nitrogens with one attached hydrogen (secondary N) is 1.